The topological polar surface area (TPSA) is 83.2 Å². The first-order valence-corrected chi connectivity index (χ1v) is 10.7. The Morgan fingerprint density at radius 1 is 1.24 bits per heavy atom. The maximum absolute atomic E-state index is 12.2. The number of rotatable bonds is 3. The van der Waals surface area contributed by atoms with Gasteiger partial charge in [0.15, 0.2) is 10.3 Å². The molecule has 1 amide bonds. The fourth-order valence-electron chi connectivity index (χ4n) is 2.66. The van der Waals surface area contributed by atoms with Crippen molar-refractivity contribution < 1.29 is 9.53 Å². The molecule has 0 radical (unpaired) electrons. The van der Waals surface area contributed by atoms with Gasteiger partial charge in [0.05, 0.1) is 0 Å². The number of hydrogen-bond donors (Lipinski definition) is 2. The molecule has 1 atom stereocenters. The molecule has 0 bridgehead atoms. The highest BCUT2D eigenvalue weighted by molar-refractivity contribution is 8.13. The van der Waals surface area contributed by atoms with E-state index in [1.807, 2.05) is 52.0 Å². The van der Waals surface area contributed by atoms with Crippen molar-refractivity contribution in [2.75, 3.05) is 42.1 Å². The fraction of sp³-hybridized carbons (Fsp3) is 0.526. The van der Waals surface area contributed by atoms with Crippen LogP contribution in [0.2, 0.25) is 0 Å². The van der Waals surface area contributed by atoms with Crippen LogP contribution in [0.5, 0.6) is 0 Å². The van der Waals surface area contributed by atoms with Gasteiger partial charge in [-0.25, -0.2) is 4.79 Å². The average Bonchev–Trinajstić information content (AvgIpc) is 2.61. The molecule has 0 spiro atoms. The Hall–Kier alpha value is -1.57. The highest BCUT2D eigenvalue weighted by atomic mass is 32.2. The second-order valence-corrected chi connectivity index (χ2v) is 8.99. The number of aliphatic imine (C=N–C) groups is 1. The van der Waals surface area contributed by atoms with Gasteiger partial charge in [-0.1, -0.05) is 18.7 Å². The summed E-state index contributed by atoms with van der Waals surface area (Å²) in [6, 6.07) is 7.98. The van der Waals surface area contributed by atoms with Crippen LogP contribution >= 0.6 is 33.9 Å². The average molecular weight is 458 g/mol. The van der Waals surface area contributed by atoms with E-state index < -0.39 is 5.60 Å². The maximum atomic E-state index is 12.2. The summed E-state index contributed by atoms with van der Waals surface area (Å²) in [5.74, 6) is 0.855. The second-order valence-electron chi connectivity index (χ2n) is 7.31. The number of nitrogens with one attached hydrogen (secondary N) is 1. The second kappa shape index (κ2) is 11.6. The summed E-state index contributed by atoms with van der Waals surface area (Å²) in [6.45, 7) is 10.5. The van der Waals surface area contributed by atoms with Gasteiger partial charge < -0.3 is 25.6 Å². The van der Waals surface area contributed by atoms with E-state index in [0.717, 1.165) is 30.2 Å². The van der Waals surface area contributed by atoms with Crippen LogP contribution in [0.1, 0.15) is 27.7 Å². The molecule has 1 saturated heterocycles. The third-order valence-corrected chi connectivity index (χ3v) is 4.79. The number of benzene rings is 1. The summed E-state index contributed by atoms with van der Waals surface area (Å²) >= 11 is 6.66. The summed E-state index contributed by atoms with van der Waals surface area (Å²) in [5, 5.41) is 3.87. The Kier molecular flexibility index (Phi) is 10.2. The molecule has 162 valence electrons. The lowest BCUT2D eigenvalue weighted by Gasteiger charge is -2.36. The van der Waals surface area contributed by atoms with E-state index in [1.165, 1.54) is 11.8 Å². The predicted molar refractivity (Wildman–Crippen MR) is 134 cm³/mol. The number of ether oxygens (including phenoxy) is 1. The molecule has 29 heavy (non-hydrogen) atoms. The van der Waals surface area contributed by atoms with Gasteiger partial charge in [0.2, 0.25) is 0 Å². The van der Waals surface area contributed by atoms with Crippen LogP contribution in [0.15, 0.2) is 29.3 Å². The molecule has 1 heterocycles. The van der Waals surface area contributed by atoms with Crippen molar-refractivity contribution in [2.45, 2.75) is 33.3 Å². The molecule has 1 aromatic carbocycles. The number of nitrogens with two attached hydrogens (primary N) is 1. The van der Waals surface area contributed by atoms with Crippen LogP contribution in [-0.2, 0) is 4.74 Å². The Morgan fingerprint density at radius 2 is 1.83 bits per heavy atom. The van der Waals surface area contributed by atoms with Crippen LogP contribution in [-0.4, -0.2) is 58.8 Å². The molecule has 1 fully saturated rings. The van der Waals surface area contributed by atoms with Crippen LogP contribution in [0.3, 0.4) is 0 Å². The van der Waals surface area contributed by atoms with E-state index >= 15 is 0 Å². The van der Waals surface area contributed by atoms with Crippen molar-refractivity contribution in [3.8, 4) is 0 Å². The van der Waals surface area contributed by atoms with E-state index in [4.69, 9.17) is 22.7 Å². The van der Waals surface area contributed by atoms with Gasteiger partial charge in [-0.3, -0.25) is 0 Å². The molecule has 1 unspecified atom stereocenters. The van der Waals surface area contributed by atoms with E-state index in [2.05, 4.69) is 15.2 Å². The highest BCUT2D eigenvalue weighted by Crippen LogP contribution is 2.20. The van der Waals surface area contributed by atoms with Crippen molar-refractivity contribution in [1.82, 2.24) is 4.90 Å². The van der Waals surface area contributed by atoms with Crippen molar-refractivity contribution in [3.05, 3.63) is 24.3 Å². The summed E-state index contributed by atoms with van der Waals surface area (Å²) in [6.07, 6.45) is -0.249. The molecule has 3 N–H and O–H groups in total. The number of amides is 1. The Labute approximate surface area is 186 Å². The summed E-state index contributed by atoms with van der Waals surface area (Å²) in [7, 11) is 0. The van der Waals surface area contributed by atoms with Gasteiger partial charge in [-0.15, -0.1) is 0 Å². The number of piperazine rings is 1. The number of carbonyl (C=O) groups excluding carboxylic acids is 1. The lowest BCUT2D eigenvalue weighted by Crippen LogP contribution is -2.50. The zero-order valence-electron chi connectivity index (χ0n) is 17.6. The normalized spacial score (nSPS) is 14.8. The molecule has 7 nitrogen and oxygen atoms in total. The van der Waals surface area contributed by atoms with Gasteiger partial charge in [-0.05, 0) is 63.0 Å². The van der Waals surface area contributed by atoms with Crippen LogP contribution < -0.4 is 16.0 Å². The Bertz CT molecular complexity index is 714. The Balaban J connectivity index is 0.00000420. The van der Waals surface area contributed by atoms with Gasteiger partial charge in [0.25, 0.3) is 0 Å². The smallest absolute Gasteiger partial charge is 0.410 e. The Morgan fingerprint density at radius 3 is 2.34 bits per heavy atom. The van der Waals surface area contributed by atoms with Crippen LogP contribution in [0.25, 0.3) is 0 Å². The van der Waals surface area contributed by atoms with Gasteiger partial charge in [0, 0.05) is 37.6 Å². The largest absolute Gasteiger partial charge is 0.444 e. The van der Waals surface area contributed by atoms with Gasteiger partial charge in [0.1, 0.15) is 5.60 Å². The lowest BCUT2D eigenvalue weighted by molar-refractivity contribution is 0.0240. The van der Waals surface area contributed by atoms with E-state index in [-0.39, 0.29) is 16.0 Å². The molecule has 0 saturated carbocycles. The first kappa shape index (κ1) is 25.5. The predicted octanol–water partition coefficient (Wildman–Crippen LogP) is 3.57. The molecule has 0 aromatic heterocycles. The van der Waals surface area contributed by atoms with Crippen molar-refractivity contribution in [3.63, 3.8) is 0 Å². The highest BCUT2D eigenvalue weighted by Gasteiger charge is 2.25. The van der Waals surface area contributed by atoms with Crippen LogP contribution in [0.4, 0.5) is 16.2 Å². The van der Waals surface area contributed by atoms with E-state index in [0.29, 0.717) is 23.4 Å². The molecule has 10 heteroatoms. The SMILES string of the molecule is CCSC(N)=NC(=S)Nc1ccc(N2CCN(C(=O)OC(C)(C)C)CC2)cc1.P. The number of thioether (sulfide) groups is 1. The number of hydrogen-bond acceptors (Lipinski definition) is 5. The number of carbonyl (C=O) groups is 1. The summed E-state index contributed by atoms with van der Waals surface area (Å²) < 4.78 is 5.44. The monoisotopic (exact) mass is 457 g/mol. The zero-order chi connectivity index (χ0) is 20.7. The standard InChI is InChI=1S/C19H29N5O2S2.H3P/c1-5-28-16(20)22-17(27)21-14-6-8-15(9-7-14)23-10-12-24(13-11-23)18(25)26-19(2,3)4;/h6-9H,5,10-13H2,1-4H3,(H3,20,21,22,27);1H3. The molecular formula is C19H32N5O2PS2. The van der Waals surface area contributed by atoms with Crippen LogP contribution in [0, 0.1) is 0 Å². The first-order chi connectivity index (χ1) is 13.2. The molecule has 1 aromatic rings. The first-order valence-electron chi connectivity index (χ1n) is 9.29. The lowest BCUT2D eigenvalue weighted by atomic mass is 10.2. The number of thiocarbonyl (C=S) groups is 1. The minimum Gasteiger partial charge on any atom is -0.444 e. The van der Waals surface area contributed by atoms with Crippen molar-refractivity contribution in [1.29, 1.82) is 0 Å². The molecule has 0 aliphatic carbocycles. The zero-order valence-corrected chi connectivity index (χ0v) is 20.7. The summed E-state index contributed by atoms with van der Waals surface area (Å²) in [5.41, 5.74) is 7.26. The fourth-order valence-corrected chi connectivity index (χ4v) is 3.39. The third kappa shape index (κ3) is 8.76. The number of anilines is 2. The molecule has 1 aliphatic rings. The van der Waals surface area contributed by atoms with Gasteiger partial charge >= 0.3 is 6.09 Å². The molecule has 1 aliphatic heterocycles. The quantitative estimate of drug-likeness (QED) is 0.311. The molecular weight excluding hydrogens is 425 g/mol. The third-order valence-electron chi connectivity index (χ3n) is 3.92. The maximum Gasteiger partial charge on any atom is 0.410 e. The minimum atomic E-state index is -0.471. The number of amidine groups is 1. The summed E-state index contributed by atoms with van der Waals surface area (Å²) in [4.78, 5) is 20.3. The van der Waals surface area contributed by atoms with Crippen molar-refractivity contribution in [2.24, 2.45) is 10.7 Å². The van der Waals surface area contributed by atoms with Crippen molar-refractivity contribution >= 4 is 61.6 Å². The van der Waals surface area contributed by atoms with E-state index in [9.17, 15) is 4.79 Å². The minimum absolute atomic E-state index is 0. The van der Waals surface area contributed by atoms with Gasteiger partial charge in [-0.2, -0.15) is 14.9 Å². The molecule has 2 rings (SSSR count). The number of nitrogens with zero attached hydrogens (tertiary/aromatic N) is 3. The van der Waals surface area contributed by atoms with E-state index in [1.54, 1.807) is 4.90 Å².